The summed E-state index contributed by atoms with van der Waals surface area (Å²) in [6.07, 6.45) is 14.6. The molecule has 5 rings (SSSR count). The van der Waals surface area contributed by atoms with Gasteiger partial charge in [0.2, 0.25) is 0 Å². The number of benzene rings is 2. The molecule has 3 aromatic rings. The highest BCUT2D eigenvalue weighted by atomic mass is 16.5. The lowest BCUT2D eigenvalue weighted by Crippen LogP contribution is -2.19. The summed E-state index contributed by atoms with van der Waals surface area (Å²) in [5, 5.41) is 0. The molecule has 0 bridgehead atoms. The molecule has 2 atom stereocenters. The van der Waals surface area contributed by atoms with Crippen LogP contribution in [0.3, 0.4) is 0 Å². The lowest BCUT2D eigenvalue weighted by Gasteiger charge is -2.29. The molecule has 1 aromatic heterocycles. The monoisotopic (exact) mass is 368 g/mol. The zero-order valence-corrected chi connectivity index (χ0v) is 16.3. The Morgan fingerprint density at radius 1 is 1.14 bits per heavy atom. The number of nitrogens with zero attached hydrogens (tertiary/aromatic N) is 2. The molecule has 2 aromatic carbocycles. The number of allylic oxidation sites excluding steroid dienone is 2. The number of aromatic nitrogens is 2. The van der Waals surface area contributed by atoms with Crippen LogP contribution < -0.4 is 4.74 Å². The summed E-state index contributed by atoms with van der Waals surface area (Å²) >= 11 is 0. The van der Waals surface area contributed by atoms with Gasteiger partial charge in [0.05, 0.1) is 12.4 Å². The third kappa shape index (κ3) is 2.97. The minimum Gasteiger partial charge on any atom is -0.486 e. The predicted octanol–water partition coefficient (Wildman–Crippen LogP) is 5.30. The second-order valence-corrected chi connectivity index (χ2v) is 7.78. The van der Waals surface area contributed by atoms with Crippen molar-refractivity contribution in [1.29, 1.82) is 0 Å². The highest BCUT2D eigenvalue weighted by Crippen LogP contribution is 2.38. The summed E-state index contributed by atoms with van der Waals surface area (Å²) in [6.45, 7) is 4.21. The number of aryl methyl sites for hydroxylation is 1. The number of imidazole rings is 1. The van der Waals surface area contributed by atoms with Crippen molar-refractivity contribution in [2.75, 3.05) is 0 Å². The summed E-state index contributed by atoms with van der Waals surface area (Å²) in [6, 6.07) is 13.4. The number of hydrogen-bond donors (Lipinski definition) is 0. The molecular weight excluding hydrogens is 344 g/mol. The standard InChI is InChI=1S/C25H24N2O/c1-17-3-6-19(7-4-17)25(27-14-13-26-16-27)21-8-11-22-20(15-21)9-12-24-23(22)10-5-18(2)28-24/h3-10,12-14,16,18,25H,11,15H2,1-2H3/t18-,25?/m1/s1. The van der Waals surface area contributed by atoms with E-state index in [-0.39, 0.29) is 12.1 Å². The van der Waals surface area contributed by atoms with E-state index in [9.17, 15) is 0 Å². The average Bonchev–Trinajstić information content (AvgIpc) is 3.23. The molecule has 0 amide bonds. The van der Waals surface area contributed by atoms with Crippen LogP contribution in [0.2, 0.25) is 0 Å². The molecule has 2 heterocycles. The maximum atomic E-state index is 5.99. The Morgan fingerprint density at radius 3 is 2.79 bits per heavy atom. The van der Waals surface area contributed by atoms with E-state index in [0.717, 1.165) is 18.6 Å². The van der Waals surface area contributed by atoms with E-state index in [1.807, 2.05) is 12.5 Å². The van der Waals surface area contributed by atoms with Crippen molar-refractivity contribution < 1.29 is 4.74 Å². The van der Waals surface area contributed by atoms with Crippen LogP contribution in [0.15, 0.2) is 72.8 Å². The maximum Gasteiger partial charge on any atom is 0.127 e. The van der Waals surface area contributed by atoms with Gasteiger partial charge in [0.15, 0.2) is 0 Å². The normalized spacial score (nSPS) is 18.6. The van der Waals surface area contributed by atoms with Gasteiger partial charge in [-0.3, -0.25) is 0 Å². The van der Waals surface area contributed by atoms with Crippen molar-refractivity contribution in [2.24, 2.45) is 0 Å². The lowest BCUT2D eigenvalue weighted by atomic mass is 9.83. The first-order valence-corrected chi connectivity index (χ1v) is 9.91. The van der Waals surface area contributed by atoms with Crippen LogP contribution in [-0.4, -0.2) is 15.7 Å². The molecule has 1 aliphatic heterocycles. The lowest BCUT2D eigenvalue weighted by molar-refractivity contribution is 0.265. The molecule has 0 spiro atoms. The largest absolute Gasteiger partial charge is 0.486 e. The summed E-state index contributed by atoms with van der Waals surface area (Å²) in [5.74, 6) is 1.01. The minimum absolute atomic E-state index is 0.146. The molecule has 1 aliphatic carbocycles. The summed E-state index contributed by atoms with van der Waals surface area (Å²) < 4.78 is 8.20. The van der Waals surface area contributed by atoms with Gasteiger partial charge in [0.1, 0.15) is 11.9 Å². The van der Waals surface area contributed by atoms with Crippen molar-refractivity contribution in [3.8, 4) is 5.75 Å². The highest BCUT2D eigenvalue weighted by Gasteiger charge is 2.25. The Kier molecular flexibility index (Phi) is 4.16. The Hall–Kier alpha value is -3.07. The van der Waals surface area contributed by atoms with E-state index < -0.39 is 0 Å². The fourth-order valence-electron chi connectivity index (χ4n) is 4.33. The molecule has 0 N–H and O–H groups in total. The van der Waals surface area contributed by atoms with Gasteiger partial charge in [-0.05, 0) is 61.1 Å². The van der Waals surface area contributed by atoms with Crippen molar-refractivity contribution in [1.82, 2.24) is 9.55 Å². The quantitative estimate of drug-likeness (QED) is 0.587. The van der Waals surface area contributed by atoms with Gasteiger partial charge in [-0.1, -0.05) is 48.0 Å². The van der Waals surface area contributed by atoms with Gasteiger partial charge in [-0.25, -0.2) is 4.98 Å². The summed E-state index contributed by atoms with van der Waals surface area (Å²) in [5.41, 5.74) is 8.05. The second-order valence-electron chi connectivity index (χ2n) is 7.78. The van der Waals surface area contributed by atoms with E-state index in [2.05, 4.69) is 84.2 Å². The molecule has 1 unspecified atom stereocenters. The first-order chi connectivity index (χ1) is 13.7. The van der Waals surface area contributed by atoms with Crippen molar-refractivity contribution in [3.63, 3.8) is 0 Å². The molecule has 140 valence electrons. The molecule has 0 saturated heterocycles. The zero-order chi connectivity index (χ0) is 19.1. The van der Waals surface area contributed by atoms with Crippen molar-refractivity contribution >= 4 is 6.08 Å². The SMILES string of the molecule is Cc1ccc(C(C2=CCc3c(ccc4c3C=C[C@@H](C)O4)C2)n2ccnc2)cc1. The van der Waals surface area contributed by atoms with Crippen LogP contribution in [0.1, 0.15) is 40.8 Å². The number of rotatable bonds is 3. The van der Waals surface area contributed by atoms with Crippen LogP contribution in [0.25, 0.3) is 6.08 Å². The van der Waals surface area contributed by atoms with Crippen molar-refractivity contribution in [2.45, 2.75) is 38.8 Å². The van der Waals surface area contributed by atoms with E-state index in [0.29, 0.717) is 0 Å². The smallest absolute Gasteiger partial charge is 0.127 e. The topological polar surface area (TPSA) is 27.1 Å². The van der Waals surface area contributed by atoms with Crippen LogP contribution in [0.5, 0.6) is 5.75 Å². The minimum atomic E-state index is 0.146. The number of hydrogen-bond acceptors (Lipinski definition) is 2. The molecule has 3 nitrogen and oxygen atoms in total. The Bertz CT molecular complexity index is 1060. The predicted molar refractivity (Wildman–Crippen MR) is 113 cm³/mol. The third-order valence-corrected chi connectivity index (χ3v) is 5.79. The van der Waals surface area contributed by atoms with E-state index in [1.165, 1.54) is 33.4 Å². The molecular formula is C25H24N2O. The van der Waals surface area contributed by atoms with E-state index >= 15 is 0 Å². The molecule has 0 radical (unpaired) electrons. The first kappa shape index (κ1) is 17.1. The van der Waals surface area contributed by atoms with Gasteiger partial charge in [-0.2, -0.15) is 0 Å². The summed E-state index contributed by atoms with van der Waals surface area (Å²) in [7, 11) is 0. The molecule has 28 heavy (non-hydrogen) atoms. The van der Waals surface area contributed by atoms with E-state index in [4.69, 9.17) is 4.74 Å². The zero-order valence-electron chi connectivity index (χ0n) is 16.3. The Balaban J connectivity index is 1.54. The Labute approximate surface area is 166 Å². The van der Waals surface area contributed by atoms with E-state index in [1.54, 1.807) is 0 Å². The second kappa shape index (κ2) is 6.83. The third-order valence-electron chi connectivity index (χ3n) is 5.79. The fourth-order valence-corrected chi connectivity index (χ4v) is 4.33. The molecule has 2 aliphatic rings. The van der Waals surface area contributed by atoms with Crippen LogP contribution in [-0.2, 0) is 12.8 Å². The van der Waals surface area contributed by atoms with Gasteiger partial charge in [0, 0.05) is 18.0 Å². The highest BCUT2D eigenvalue weighted by molar-refractivity contribution is 5.67. The molecule has 3 heteroatoms. The van der Waals surface area contributed by atoms with Gasteiger partial charge < -0.3 is 9.30 Å². The summed E-state index contributed by atoms with van der Waals surface area (Å²) in [4.78, 5) is 4.30. The van der Waals surface area contributed by atoms with Gasteiger partial charge in [-0.15, -0.1) is 0 Å². The van der Waals surface area contributed by atoms with Gasteiger partial charge >= 0.3 is 0 Å². The average molecular weight is 368 g/mol. The number of ether oxygens (including phenoxy) is 1. The Morgan fingerprint density at radius 2 is 2.00 bits per heavy atom. The fraction of sp³-hybridized carbons (Fsp3) is 0.240. The maximum absolute atomic E-state index is 5.99. The van der Waals surface area contributed by atoms with Gasteiger partial charge in [0.25, 0.3) is 0 Å². The molecule has 0 saturated carbocycles. The van der Waals surface area contributed by atoms with Crippen LogP contribution in [0, 0.1) is 6.92 Å². The van der Waals surface area contributed by atoms with Crippen LogP contribution in [0.4, 0.5) is 0 Å². The molecule has 0 fully saturated rings. The van der Waals surface area contributed by atoms with Crippen LogP contribution >= 0.6 is 0 Å². The number of fused-ring (bicyclic) bond motifs is 3. The first-order valence-electron chi connectivity index (χ1n) is 9.91. The van der Waals surface area contributed by atoms with Crippen molar-refractivity contribution in [3.05, 3.63) is 101 Å².